The van der Waals surface area contributed by atoms with Crippen LogP contribution in [0.25, 0.3) is 32.2 Å². The summed E-state index contributed by atoms with van der Waals surface area (Å²) >= 11 is 0.902. The number of nitrogens with zero attached hydrogens (tertiary/aromatic N) is 6. The second kappa shape index (κ2) is 10.4. The van der Waals surface area contributed by atoms with Gasteiger partial charge in [-0.3, -0.25) is 4.90 Å². The van der Waals surface area contributed by atoms with Crippen molar-refractivity contribution < 1.29 is 27.8 Å². The molecule has 14 heteroatoms. The highest BCUT2D eigenvalue weighted by Crippen LogP contribution is 2.45. The van der Waals surface area contributed by atoms with Crippen molar-refractivity contribution in [3.05, 3.63) is 29.3 Å². The number of hydrogen-bond donors (Lipinski definition) is 2. The zero-order chi connectivity index (χ0) is 30.0. The summed E-state index contributed by atoms with van der Waals surface area (Å²) in [6.07, 6.45) is 1.45. The minimum absolute atomic E-state index is 0.0285. The van der Waals surface area contributed by atoms with Crippen LogP contribution in [0, 0.1) is 23.0 Å². The van der Waals surface area contributed by atoms with E-state index in [1.54, 1.807) is 11.9 Å². The van der Waals surface area contributed by atoms with Gasteiger partial charge in [0.15, 0.2) is 5.82 Å². The number of rotatable bonds is 6. The Kier molecular flexibility index (Phi) is 6.71. The second-order valence-corrected chi connectivity index (χ2v) is 12.4. The molecule has 3 aliphatic heterocycles. The minimum atomic E-state index is -0.945. The van der Waals surface area contributed by atoms with E-state index >= 15 is 4.39 Å². The van der Waals surface area contributed by atoms with Crippen LogP contribution in [0.1, 0.15) is 31.2 Å². The van der Waals surface area contributed by atoms with Gasteiger partial charge in [-0.05, 0) is 37.9 Å². The van der Waals surface area contributed by atoms with Crippen LogP contribution in [0.15, 0.2) is 12.1 Å². The van der Waals surface area contributed by atoms with Crippen molar-refractivity contribution in [3.63, 3.8) is 0 Å². The first-order valence-corrected chi connectivity index (χ1v) is 14.9. The molecule has 0 aliphatic carbocycles. The topological polar surface area (TPSA) is 134 Å². The molecule has 7 rings (SSSR count). The molecule has 0 unspecified atom stereocenters. The number of pyridine rings is 1. The van der Waals surface area contributed by atoms with Crippen molar-refractivity contribution in [2.24, 2.45) is 0 Å². The summed E-state index contributed by atoms with van der Waals surface area (Å²) in [6, 6.07) is 4.11. The summed E-state index contributed by atoms with van der Waals surface area (Å²) in [6.45, 7) is 1.27. The van der Waals surface area contributed by atoms with E-state index in [2.05, 4.69) is 19.9 Å². The number of alkyl halides is 1. The highest BCUT2D eigenvalue weighted by Gasteiger charge is 2.49. The number of benzene rings is 1. The first-order valence-electron chi connectivity index (χ1n) is 14.0. The molecule has 2 saturated heterocycles. The van der Waals surface area contributed by atoms with Gasteiger partial charge in [-0.15, -0.1) is 11.3 Å². The minimum Gasteiger partial charge on any atom is -0.475 e. The zero-order valence-corrected chi connectivity index (χ0v) is 24.1. The fourth-order valence-electron chi connectivity index (χ4n) is 6.74. The maximum absolute atomic E-state index is 16.7. The molecule has 10 nitrogen and oxygen atoms in total. The number of nitrogen functional groups attached to an aromatic ring is 1. The molecule has 0 amide bonds. The molecule has 43 heavy (non-hydrogen) atoms. The molecule has 4 aromatic rings. The molecule has 3 N–H and O–H groups in total. The van der Waals surface area contributed by atoms with Crippen molar-refractivity contribution in [2.75, 3.05) is 50.6 Å². The van der Waals surface area contributed by atoms with Crippen molar-refractivity contribution in [1.82, 2.24) is 19.9 Å². The van der Waals surface area contributed by atoms with Gasteiger partial charge in [-0.2, -0.15) is 15.2 Å². The van der Waals surface area contributed by atoms with Gasteiger partial charge in [-0.25, -0.2) is 18.2 Å². The van der Waals surface area contributed by atoms with E-state index in [1.165, 1.54) is 12.1 Å². The molecule has 0 spiro atoms. The Labute approximate surface area is 248 Å². The number of aromatic nitrogens is 3. The van der Waals surface area contributed by atoms with E-state index < -0.39 is 23.3 Å². The van der Waals surface area contributed by atoms with Gasteiger partial charge < -0.3 is 25.2 Å². The van der Waals surface area contributed by atoms with E-state index in [0.29, 0.717) is 25.2 Å². The summed E-state index contributed by atoms with van der Waals surface area (Å²) in [5.41, 5.74) is 5.41. The number of anilines is 2. The quantitative estimate of drug-likeness (QED) is 0.327. The van der Waals surface area contributed by atoms with E-state index in [4.69, 9.17) is 15.2 Å². The maximum Gasteiger partial charge on any atom is 0.319 e. The summed E-state index contributed by atoms with van der Waals surface area (Å²) in [5.74, 6) is -1.07. The van der Waals surface area contributed by atoms with Crippen molar-refractivity contribution in [1.29, 1.82) is 5.26 Å². The molecule has 3 aromatic heterocycles. The lowest BCUT2D eigenvalue weighted by Crippen LogP contribution is -2.43. The number of thiophene rings is 1. The van der Waals surface area contributed by atoms with Crippen LogP contribution in [-0.2, 0) is 0 Å². The molecule has 224 valence electrons. The van der Waals surface area contributed by atoms with E-state index in [-0.39, 0.29) is 80.6 Å². The number of hydrogen-bond acceptors (Lipinski definition) is 11. The fourth-order valence-corrected chi connectivity index (χ4v) is 7.69. The van der Waals surface area contributed by atoms with Crippen LogP contribution in [0.5, 0.6) is 11.9 Å². The van der Waals surface area contributed by atoms with Crippen LogP contribution < -0.4 is 20.1 Å². The highest BCUT2D eigenvalue weighted by molar-refractivity contribution is 7.23. The van der Waals surface area contributed by atoms with Gasteiger partial charge in [0.25, 0.3) is 0 Å². The number of ether oxygens (including phenoxy) is 2. The van der Waals surface area contributed by atoms with E-state index in [1.807, 2.05) is 6.07 Å². The Morgan fingerprint density at radius 1 is 1.28 bits per heavy atom. The van der Waals surface area contributed by atoms with E-state index in [0.717, 1.165) is 30.7 Å². The monoisotopic (exact) mass is 611 g/mol. The van der Waals surface area contributed by atoms with Crippen LogP contribution in [-0.4, -0.2) is 82.7 Å². The summed E-state index contributed by atoms with van der Waals surface area (Å²) in [7, 11) is 1.76. The first-order chi connectivity index (χ1) is 20.7. The predicted molar refractivity (Wildman–Crippen MR) is 155 cm³/mol. The number of halogens is 3. The maximum atomic E-state index is 16.7. The van der Waals surface area contributed by atoms with Gasteiger partial charge >= 0.3 is 6.01 Å². The van der Waals surface area contributed by atoms with Crippen molar-refractivity contribution in [2.45, 2.75) is 43.4 Å². The summed E-state index contributed by atoms with van der Waals surface area (Å²) in [5, 5.41) is 20.0. The third kappa shape index (κ3) is 4.32. The summed E-state index contributed by atoms with van der Waals surface area (Å²) < 4.78 is 58.1. The molecule has 3 atom stereocenters. The van der Waals surface area contributed by atoms with E-state index in [9.17, 15) is 19.1 Å². The number of aliphatic hydroxyl groups is 1. The molecule has 0 saturated carbocycles. The molecule has 0 bridgehead atoms. The lowest BCUT2D eigenvalue weighted by molar-refractivity contribution is 0.107. The Morgan fingerprint density at radius 3 is 2.91 bits per heavy atom. The molecular formula is C29H28F3N7O3S. The highest BCUT2D eigenvalue weighted by atomic mass is 32.1. The van der Waals surface area contributed by atoms with Crippen molar-refractivity contribution >= 4 is 43.1 Å². The Hall–Kier alpha value is -3.93. The average molecular weight is 612 g/mol. The second-order valence-electron chi connectivity index (χ2n) is 11.3. The van der Waals surface area contributed by atoms with Crippen LogP contribution >= 0.6 is 11.3 Å². The fraction of sp³-hybridized carbons (Fsp3) is 0.448. The Morgan fingerprint density at radius 2 is 2.12 bits per heavy atom. The SMILES string of the molecule is CN1c2nc(OC[C@@]34CCCN3C[C@H](F)C4)nc3c(F)c(-c4ccc(F)c5sc(N)c(C#N)c45)nc(c23)OC[C@@H]1CCO. The average Bonchev–Trinajstić information content (AvgIpc) is 3.61. The van der Waals surface area contributed by atoms with Gasteiger partial charge in [0, 0.05) is 37.6 Å². The molecule has 3 aliphatic rings. The lowest BCUT2D eigenvalue weighted by atomic mass is 9.95. The smallest absolute Gasteiger partial charge is 0.319 e. The number of fused-ring (bicyclic) bond motifs is 2. The van der Waals surface area contributed by atoms with Gasteiger partial charge in [0.05, 0.1) is 21.8 Å². The number of nitriles is 1. The first kappa shape index (κ1) is 27.9. The van der Waals surface area contributed by atoms with Gasteiger partial charge in [0.2, 0.25) is 5.88 Å². The summed E-state index contributed by atoms with van der Waals surface area (Å²) in [4.78, 5) is 17.5. The number of likely N-dealkylation sites (N-methyl/N-ethyl adjacent to an activating group) is 1. The lowest BCUT2D eigenvalue weighted by Gasteiger charge is -2.31. The van der Waals surface area contributed by atoms with Crippen LogP contribution in [0.4, 0.5) is 24.0 Å². The third-order valence-corrected chi connectivity index (χ3v) is 9.91. The van der Waals surface area contributed by atoms with Crippen molar-refractivity contribution in [3.8, 4) is 29.2 Å². The third-order valence-electron chi connectivity index (χ3n) is 8.88. The zero-order valence-electron chi connectivity index (χ0n) is 23.2. The normalized spacial score (nSPS) is 23.4. The molecular weight excluding hydrogens is 583 g/mol. The van der Waals surface area contributed by atoms with Gasteiger partial charge in [-0.1, -0.05) is 0 Å². The predicted octanol–water partition coefficient (Wildman–Crippen LogP) is 4.17. The Bertz CT molecular complexity index is 1810. The molecule has 2 fully saturated rings. The molecule has 6 heterocycles. The van der Waals surface area contributed by atoms with Crippen LogP contribution in [0.3, 0.4) is 0 Å². The molecule has 0 radical (unpaired) electrons. The van der Waals surface area contributed by atoms with Crippen LogP contribution in [0.2, 0.25) is 0 Å². The number of aliphatic hydroxyl groups excluding tert-OH is 1. The standard InChI is InChI=1S/C29H28F3N7O3S/c1-38-15(5-8-40)12-41-27-20-23(36-28(37-26(20)38)42-13-29-6-2-7-39(29)11-14(30)9-29)21(32)22(35-27)16-3-4-18(31)24-19(16)17(10-33)25(34)43-24/h3-4,14-15,40H,2,5-9,11-13,34H2,1H3/t14-,15+,29+/m1/s1. The largest absolute Gasteiger partial charge is 0.475 e. The number of nitrogens with two attached hydrogens (primary N) is 1. The van der Waals surface area contributed by atoms with Gasteiger partial charge in [0.1, 0.15) is 58.7 Å². The molecule has 1 aromatic carbocycles. The Balaban J connectivity index is 1.41.